The third-order valence-corrected chi connectivity index (χ3v) is 11.5. The lowest BCUT2D eigenvalue weighted by Gasteiger charge is -2.26. The number of anilines is 3. The molecule has 4 nitrogen and oxygen atoms in total. The van der Waals surface area contributed by atoms with Gasteiger partial charge in [0.15, 0.2) is 0 Å². The molecule has 0 atom stereocenters. The molecule has 0 amide bonds. The molecule has 0 N–H and O–H groups in total. The highest BCUT2D eigenvalue weighted by Gasteiger charge is 2.18. The van der Waals surface area contributed by atoms with Crippen molar-refractivity contribution in [2.45, 2.75) is 0 Å². The Morgan fingerprint density at radius 3 is 0.828 bits per heavy atom. The van der Waals surface area contributed by atoms with Gasteiger partial charge in [-0.15, -0.1) is 0 Å². The van der Waals surface area contributed by atoms with Crippen molar-refractivity contribution < 1.29 is 13.3 Å². The highest BCUT2D eigenvalue weighted by atomic mass is 16.3. The first kappa shape index (κ1) is 32.4. The lowest BCUT2D eigenvalue weighted by molar-refractivity contribution is 0.669. The third kappa shape index (κ3) is 5.09. The Bertz CT molecular complexity index is 3120. The van der Waals surface area contributed by atoms with Gasteiger partial charge in [0.1, 0.15) is 33.5 Å². The maximum Gasteiger partial charge on any atom is 0.143 e. The van der Waals surface area contributed by atoms with Crippen LogP contribution in [0.4, 0.5) is 17.1 Å². The average molecular weight is 744 g/mol. The fourth-order valence-electron chi connectivity index (χ4n) is 8.74. The number of rotatable bonds is 6. The SMILES string of the molecule is c1ccc2c(c1)oc1c(-c3ccc(N(c4ccc(-c5cccc6c5oc5ccccc56)cc4)c4ccc(-c5cccc6c5oc5ccccc56)cc4)cc3)cccc12. The maximum absolute atomic E-state index is 6.41. The molecule has 9 aromatic carbocycles. The van der Waals surface area contributed by atoms with Gasteiger partial charge in [-0.05, 0) is 71.3 Å². The van der Waals surface area contributed by atoms with E-state index in [9.17, 15) is 0 Å². The van der Waals surface area contributed by atoms with Crippen LogP contribution in [0.1, 0.15) is 0 Å². The van der Waals surface area contributed by atoms with Crippen molar-refractivity contribution >= 4 is 82.9 Å². The number of para-hydroxylation sites is 6. The molecule has 0 spiro atoms. The second kappa shape index (κ2) is 12.9. The number of hydrogen-bond donors (Lipinski definition) is 0. The summed E-state index contributed by atoms with van der Waals surface area (Å²) < 4.78 is 19.2. The third-order valence-electron chi connectivity index (χ3n) is 11.5. The zero-order valence-electron chi connectivity index (χ0n) is 31.2. The number of hydrogen-bond acceptors (Lipinski definition) is 4. The molecular formula is C54H33NO3. The van der Waals surface area contributed by atoms with Gasteiger partial charge in [-0.25, -0.2) is 0 Å². The summed E-state index contributed by atoms with van der Waals surface area (Å²) in [6.45, 7) is 0. The van der Waals surface area contributed by atoms with E-state index in [0.29, 0.717) is 0 Å². The van der Waals surface area contributed by atoms with Gasteiger partial charge in [-0.2, -0.15) is 0 Å². The van der Waals surface area contributed by atoms with E-state index in [1.807, 2.05) is 36.4 Å². The minimum atomic E-state index is 0.896. The number of fused-ring (bicyclic) bond motifs is 9. The number of furan rings is 3. The minimum absolute atomic E-state index is 0.896. The smallest absolute Gasteiger partial charge is 0.143 e. The van der Waals surface area contributed by atoms with Crippen molar-refractivity contribution in [1.29, 1.82) is 0 Å². The standard InChI is InChI=1S/C54H33NO3/c1-4-19-49-43(10-1)46-16-7-13-40(52(46)56-49)34-22-28-37(29-23-34)55(38-30-24-35(25-31-38)41-14-8-17-47-44-11-2-5-20-50(44)57-53(41)47)39-32-26-36(27-33-39)42-15-9-18-48-45-12-3-6-21-51(45)58-54(42)48/h1-33H. The van der Waals surface area contributed by atoms with Gasteiger partial charge in [0, 0.05) is 66.1 Å². The predicted molar refractivity (Wildman–Crippen MR) is 239 cm³/mol. The summed E-state index contributed by atoms with van der Waals surface area (Å²) >= 11 is 0. The van der Waals surface area contributed by atoms with Crippen molar-refractivity contribution in [3.8, 4) is 33.4 Å². The van der Waals surface area contributed by atoms with Crippen LogP contribution in [0, 0.1) is 0 Å². The summed E-state index contributed by atoms with van der Waals surface area (Å²) in [5.74, 6) is 0. The maximum atomic E-state index is 6.41. The lowest BCUT2D eigenvalue weighted by Crippen LogP contribution is -2.09. The Hall–Kier alpha value is -7.82. The van der Waals surface area contributed by atoms with E-state index >= 15 is 0 Å². The monoisotopic (exact) mass is 743 g/mol. The van der Waals surface area contributed by atoms with Crippen molar-refractivity contribution in [1.82, 2.24) is 0 Å². The molecule has 4 heteroatoms. The van der Waals surface area contributed by atoms with E-state index in [1.54, 1.807) is 0 Å². The zero-order valence-corrected chi connectivity index (χ0v) is 31.2. The summed E-state index contributed by atoms with van der Waals surface area (Å²) in [5.41, 5.74) is 15.0. The van der Waals surface area contributed by atoms with Crippen LogP contribution in [0.3, 0.4) is 0 Å². The van der Waals surface area contributed by atoms with E-state index < -0.39 is 0 Å². The molecule has 0 saturated heterocycles. The molecule has 0 bridgehead atoms. The first-order valence-electron chi connectivity index (χ1n) is 19.6. The van der Waals surface area contributed by atoms with Crippen LogP contribution < -0.4 is 4.90 Å². The molecule has 3 heterocycles. The van der Waals surface area contributed by atoms with Crippen molar-refractivity contribution in [2.24, 2.45) is 0 Å². The highest BCUT2D eigenvalue weighted by Crippen LogP contribution is 2.42. The molecule has 12 rings (SSSR count). The highest BCUT2D eigenvalue weighted by molar-refractivity contribution is 6.11. The number of nitrogens with zero attached hydrogens (tertiary/aromatic N) is 1. The molecular weight excluding hydrogens is 711 g/mol. The van der Waals surface area contributed by atoms with E-state index in [4.69, 9.17) is 13.3 Å². The Morgan fingerprint density at radius 1 is 0.241 bits per heavy atom. The average Bonchev–Trinajstić information content (AvgIpc) is 3.99. The minimum Gasteiger partial charge on any atom is -0.455 e. The molecule has 58 heavy (non-hydrogen) atoms. The Morgan fingerprint density at radius 2 is 0.517 bits per heavy atom. The molecule has 272 valence electrons. The summed E-state index contributed by atoms with van der Waals surface area (Å²) in [5, 5.41) is 6.74. The van der Waals surface area contributed by atoms with Crippen LogP contribution in [0.25, 0.3) is 99.2 Å². The summed E-state index contributed by atoms with van der Waals surface area (Å²) in [6.07, 6.45) is 0. The summed E-state index contributed by atoms with van der Waals surface area (Å²) in [7, 11) is 0. The second-order valence-electron chi connectivity index (χ2n) is 14.8. The number of benzene rings is 9. The molecule has 3 aromatic heterocycles. The van der Waals surface area contributed by atoms with Gasteiger partial charge in [-0.1, -0.05) is 146 Å². The Labute approximate surface area is 333 Å². The normalized spacial score (nSPS) is 11.8. The van der Waals surface area contributed by atoms with E-state index in [2.05, 4.69) is 169 Å². The van der Waals surface area contributed by atoms with Crippen molar-refractivity contribution in [3.63, 3.8) is 0 Å². The van der Waals surface area contributed by atoms with Crippen LogP contribution in [0.2, 0.25) is 0 Å². The molecule has 0 aliphatic heterocycles. The second-order valence-corrected chi connectivity index (χ2v) is 14.8. The van der Waals surface area contributed by atoms with Gasteiger partial charge in [0.25, 0.3) is 0 Å². The van der Waals surface area contributed by atoms with Gasteiger partial charge in [-0.3, -0.25) is 0 Å². The van der Waals surface area contributed by atoms with Crippen LogP contribution in [0.5, 0.6) is 0 Å². The fourth-order valence-corrected chi connectivity index (χ4v) is 8.74. The van der Waals surface area contributed by atoms with Crippen molar-refractivity contribution in [3.05, 3.63) is 200 Å². The zero-order chi connectivity index (χ0) is 38.2. The largest absolute Gasteiger partial charge is 0.455 e. The van der Waals surface area contributed by atoms with Gasteiger partial charge in [0.05, 0.1) is 0 Å². The van der Waals surface area contributed by atoms with Crippen LogP contribution >= 0.6 is 0 Å². The summed E-state index contributed by atoms with van der Waals surface area (Å²) in [4.78, 5) is 2.31. The molecule has 0 aliphatic carbocycles. The topological polar surface area (TPSA) is 42.7 Å². The first-order valence-corrected chi connectivity index (χ1v) is 19.6. The first-order chi connectivity index (χ1) is 28.7. The van der Waals surface area contributed by atoms with Crippen molar-refractivity contribution in [2.75, 3.05) is 4.90 Å². The molecule has 12 aromatic rings. The van der Waals surface area contributed by atoms with Crippen LogP contribution in [0.15, 0.2) is 213 Å². The predicted octanol–water partition coefficient (Wildman–Crippen LogP) is 15.9. The van der Waals surface area contributed by atoms with E-state index in [0.717, 1.165) is 116 Å². The van der Waals surface area contributed by atoms with E-state index in [1.165, 1.54) is 0 Å². The molecule has 0 radical (unpaired) electrons. The Kier molecular flexibility index (Phi) is 7.20. The molecule has 0 unspecified atom stereocenters. The summed E-state index contributed by atoms with van der Waals surface area (Å²) in [6, 6.07) is 70.2. The Balaban J connectivity index is 0.959. The van der Waals surface area contributed by atoms with Gasteiger partial charge in [0.2, 0.25) is 0 Å². The lowest BCUT2D eigenvalue weighted by atomic mass is 10.00. The fraction of sp³-hybridized carbons (Fsp3) is 0. The van der Waals surface area contributed by atoms with Crippen LogP contribution in [-0.4, -0.2) is 0 Å². The van der Waals surface area contributed by atoms with Gasteiger partial charge < -0.3 is 18.2 Å². The molecule has 0 fully saturated rings. The molecule has 0 saturated carbocycles. The quantitative estimate of drug-likeness (QED) is 0.170. The van der Waals surface area contributed by atoms with Crippen LogP contribution in [-0.2, 0) is 0 Å². The molecule has 0 aliphatic rings. The van der Waals surface area contributed by atoms with Gasteiger partial charge >= 0.3 is 0 Å². The van der Waals surface area contributed by atoms with E-state index in [-0.39, 0.29) is 0 Å².